The number of anilines is 1. The third-order valence-corrected chi connectivity index (χ3v) is 6.35. The zero-order valence-electron chi connectivity index (χ0n) is 18.0. The minimum atomic E-state index is -0.705. The second-order valence-corrected chi connectivity index (χ2v) is 8.43. The molecule has 2 aromatic carbocycles. The third kappa shape index (κ3) is 4.22. The minimum Gasteiger partial charge on any atom is -0.481 e. The molecule has 5 rings (SSSR count). The van der Waals surface area contributed by atoms with Crippen molar-refractivity contribution in [1.82, 2.24) is 14.8 Å². The largest absolute Gasteiger partial charge is 0.481 e. The molecule has 2 N–H and O–H groups in total. The van der Waals surface area contributed by atoms with Gasteiger partial charge in [0.2, 0.25) is 0 Å². The molecule has 7 nitrogen and oxygen atoms in total. The Morgan fingerprint density at radius 3 is 2.36 bits per heavy atom. The molecular weight excluding hydrogens is 416 g/mol. The number of nitrogens with one attached hydrogen (secondary N) is 1. The predicted molar refractivity (Wildman–Crippen MR) is 126 cm³/mol. The van der Waals surface area contributed by atoms with E-state index in [0.29, 0.717) is 24.1 Å². The highest BCUT2D eigenvalue weighted by atomic mass is 16.4. The van der Waals surface area contributed by atoms with Crippen LogP contribution in [0.25, 0.3) is 22.2 Å². The molecular formula is C26H24N4O3. The van der Waals surface area contributed by atoms with E-state index in [1.165, 1.54) is 0 Å². The van der Waals surface area contributed by atoms with E-state index in [0.717, 1.165) is 35.0 Å². The highest BCUT2D eigenvalue weighted by molar-refractivity contribution is 6.04. The number of carboxylic acid groups (broad SMARTS) is 1. The minimum absolute atomic E-state index is 0.153. The summed E-state index contributed by atoms with van der Waals surface area (Å²) in [6.45, 7) is 0. The van der Waals surface area contributed by atoms with Crippen molar-refractivity contribution in [3.63, 3.8) is 0 Å². The van der Waals surface area contributed by atoms with Crippen LogP contribution in [0, 0.1) is 5.92 Å². The van der Waals surface area contributed by atoms with Crippen molar-refractivity contribution in [3.05, 3.63) is 78.6 Å². The van der Waals surface area contributed by atoms with Crippen molar-refractivity contribution < 1.29 is 14.7 Å². The van der Waals surface area contributed by atoms with Gasteiger partial charge in [0.25, 0.3) is 5.91 Å². The topological polar surface area (TPSA) is 97.1 Å². The van der Waals surface area contributed by atoms with Gasteiger partial charge in [-0.25, -0.2) is 0 Å². The summed E-state index contributed by atoms with van der Waals surface area (Å²) in [7, 11) is 0. The molecule has 0 saturated heterocycles. The Kier molecular flexibility index (Phi) is 5.60. The summed E-state index contributed by atoms with van der Waals surface area (Å²) in [5, 5.41) is 18.1. The van der Waals surface area contributed by atoms with Gasteiger partial charge in [-0.15, -0.1) is 0 Å². The summed E-state index contributed by atoms with van der Waals surface area (Å²) in [6.07, 6.45) is 6.49. The number of aliphatic carboxylic acids is 1. The Balaban J connectivity index is 1.40. The van der Waals surface area contributed by atoms with E-state index in [4.69, 9.17) is 5.10 Å². The van der Waals surface area contributed by atoms with Crippen LogP contribution in [0.3, 0.4) is 0 Å². The first-order valence-electron chi connectivity index (χ1n) is 11.1. The quantitative estimate of drug-likeness (QED) is 0.446. The van der Waals surface area contributed by atoms with Crippen LogP contribution in [-0.4, -0.2) is 31.7 Å². The lowest BCUT2D eigenvalue weighted by molar-refractivity contribution is -0.143. The molecule has 2 heterocycles. The molecule has 1 saturated carbocycles. The van der Waals surface area contributed by atoms with Crippen molar-refractivity contribution in [2.75, 3.05) is 5.32 Å². The maximum absolute atomic E-state index is 12.4. The van der Waals surface area contributed by atoms with E-state index in [1.807, 2.05) is 59.4 Å². The fourth-order valence-electron chi connectivity index (χ4n) is 4.55. The van der Waals surface area contributed by atoms with Crippen LogP contribution in [0.5, 0.6) is 0 Å². The van der Waals surface area contributed by atoms with Crippen molar-refractivity contribution in [2.45, 2.75) is 31.7 Å². The first-order valence-corrected chi connectivity index (χ1v) is 11.1. The van der Waals surface area contributed by atoms with Crippen molar-refractivity contribution in [3.8, 4) is 11.3 Å². The summed E-state index contributed by atoms with van der Waals surface area (Å²) in [5.74, 6) is -1.12. The summed E-state index contributed by atoms with van der Waals surface area (Å²) < 4.78 is 2.04. The molecule has 7 heteroatoms. The SMILES string of the molecule is O=C(Nc1ccc(-c2nn(C3CCC(C(=O)O)CC3)c3ccncc23)cc1)c1ccccc1. The molecule has 1 aliphatic rings. The summed E-state index contributed by atoms with van der Waals surface area (Å²) in [5.41, 5.74) is 4.08. The Morgan fingerprint density at radius 1 is 0.939 bits per heavy atom. The van der Waals surface area contributed by atoms with Crippen LogP contribution < -0.4 is 5.32 Å². The van der Waals surface area contributed by atoms with Gasteiger partial charge >= 0.3 is 5.97 Å². The molecule has 0 spiro atoms. The lowest BCUT2D eigenvalue weighted by Gasteiger charge is -2.26. The highest BCUT2D eigenvalue weighted by Gasteiger charge is 2.28. The molecule has 33 heavy (non-hydrogen) atoms. The predicted octanol–water partition coefficient (Wildman–Crippen LogP) is 5.17. The Morgan fingerprint density at radius 2 is 1.67 bits per heavy atom. The van der Waals surface area contributed by atoms with Crippen LogP contribution >= 0.6 is 0 Å². The van der Waals surface area contributed by atoms with Crippen molar-refractivity contribution in [1.29, 1.82) is 0 Å². The molecule has 0 unspecified atom stereocenters. The molecule has 0 radical (unpaired) electrons. The van der Waals surface area contributed by atoms with Gasteiger partial charge in [0.1, 0.15) is 5.69 Å². The Hall–Kier alpha value is -4.00. The maximum atomic E-state index is 12.4. The molecule has 166 valence electrons. The number of carboxylic acids is 1. The Labute approximate surface area is 191 Å². The number of pyridine rings is 1. The van der Waals surface area contributed by atoms with E-state index >= 15 is 0 Å². The highest BCUT2D eigenvalue weighted by Crippen LogP contribution is 2.36. The van der Waals surface area contributed by atoms with Gasteiger partial charge in [0.05, 0.1) is 17.5 Å². The number of carbonyl (C=O) groups is 2. The molecule has 2 aromatic heterocycles. The molecule has 0 atom stereocenters. The number of rotatable bonds is 5. The summed E-state index contributed by atoms with van der Waals surface area (Å²) in [6, 6.07) is 18.9. The van der Waals surface area contributed by atoms with Gasteiger partial charge in [-0.3, -0.25) is 19.3 Å². The number of fused-ring (bicyclic) bond motifs is 1. The number of hydrogen-bond acceptors (Lipinski definition) is 4. The second-order valence-electron chi connectivity index (χ2n) is 8.43. The average molecular weight is 441 g/mol. The zero-order chi connectivity index (χ0) is 22.8. The lowest BCUT2D eigenvalue weighted by atomic mass is 9.86. The molecule has 0 bridgehead atoms. The number of nitrogens with zero attached hydrogens (tertiary/aromatic N) is 3. The van der Waals surface area contributed by atoms with E-state index in [1.54, 1.807) is 18.3 Å². The van der Waals surface area contributed by atoms with Gasteiger partial charge in [0, 0.05) is 34.6 Å². The van der Waals surface area contributed by atoms with Gasteiger partial charge < -0.3 is 10.4 Å². The molecule has 1 fully saturated rings. The van der Waals surface area contributed by atoms with Gasteiger partial charge in [-0.05, 0) is 56.0 Å². The Bertz CT molecular complexity index is 1290. The second kappa shape index (κ2) is 8.86. The van der Waals surface area contributed by atoms with Gasteiger partial charge in [-0.1, -0.05) is 30.3 Å². The van der Waals surface area contributed by atoms with Crippen LogP contribution in [-0.2, 0) is 4.79 Å². The van der Waals surface area contributed by atoms with Crippen molar-refractivity contribution in [2.24, 2.45) is 5.92 Å². The van der Waals surface area contributed by atoms with Crippen LogP contribution in [0.1, 0.15) is 42.1 Å². The van der Waals surface area contributed by atoms with E-state index in [9.17, 15) is 14.7 Å². The van der Waals surface area contributed by atoms with E-state index in [2.05, 4.69) is 10.3 Å². The van der Waals surface area contributed by atoms with Crippen LogP contribution in [0.15, 0.2) is 73.1 Å². The number of carbonyl (C=O) groups excluding carboxylic acids is 1. The fraction of sp³-hybridized carbons (Fsp3) is 0.231. The van der Waals surface area contributed by atoms with Crippen LogP contribution in [0.4, 0.5) is 5.69 Å². The average Bonchev–Trinajstić information content (AvgIpc) is 3.25. The first kappa shape index (κ1) is 20.9. The monoisotopic (exact) mass is 440 g/mol. The maximum Gasteiger partial charge on any atom is 0.306 e. The fourth-order valence-corrected chi connectivity index (χ4v) is 4.55. The summed E-state index contributed by atoms with van der Waals surface area (Å²) >= 11 is 0. The number of aromatic nitrogens is 3. The van der Waals surface area contributed by atoms with E-state index in [-0.39, 0.29) is 17.9 Å². The van der Waals surface area contributed by atoms with Gasteiger partial charge in [-0.2, -0.15) is 5.10 Å². The molecule has 0 aliphatic heterocycles. The smallest absolute Gasteiger partial charge is 0.306 e. The zero-order valence-corrected chi connectivity index (χ0v) is 18.0. The molecule has 1 aliphatic carbocycles. The third-order valence-electron chi connectivity index (χ3n) is 6.35. The number of hydrogen-bond donors (Lipinski definition) is 2. The summed E-state index contributed by atoms with van der Waals surface area (Å²) in [4.78, 5) is 28.0. The number of amides is 1. The standard InChI is InChI=1S/C26H24N4O3/c31-25(18-4-2-1-3-5-18)28-20-10-6-17(7-11-20)24-22-16-27-15-14-23(22)30(29-24)21-12-8-19(9-13-21)26(32)33/h1-7,10-11,14-16,19,21H,8-9,12-13H2,(H,28,31)(H,32,33). The van der Waals surface area contributed by atoms with Crippen molar-refractivity contribution >= 4 is 28.5 Å². The number of benzene rings is 2. The first-order chi connectivity index (χ1) is 16.1. The molecule has 4 aromatic rings. The molecule has 1 amide bonds. The lowest BCUT2D eigenvalue weighted by Crippen LogP contribution is -2.23. The van der Waals surface area contributed by atoms with E-state index < -0.39 is 5.97 Å². The van der Waals surface area contributed by atoms with Crippen LogP contribution in [0.2, 0.25) is 0 Å². The normalized spacial score (nSPS) is 18.2. The van der Waals surface area contributed by atoms with Gasteiger partial charge in [0.15, 0.2) is 0 Å².